The Bertz CT molecular complexity index is 683. The van der Waals surface area contributed by atoms with E-state index in [9.17, 15) is 4.79 Å². The van der Waals surface area contributed by atoms with Gasteiger partial charge in [0.15, 0.2) is 0 Å². The van der Waals surface area contributed by atoms with E-state index in [0.29, 0.717) is 12.3 Å². The number of aliphatic hydroxyl groups is 1. The maximum atomic E-state index is 12.7. The smallest absolute Gasteiger partial charge is 0.224 e. The van der Waals surface area contributed by atoms with Crippen LogP contribution >= 0.6 is 0 Å². The Morgan fingerprint density at radius 2 is 1.88 bits per heavy atom. The molecule has 3 rings (SSSR count). The molecular weight excluding hydrogens is 298 g/mol. The first-order valence-corrected chi connectivity index (χ1v) is 8.72. The summed E-state index contributed by atoms with van der Waals surface area (Å²) in [5.41, 5.74) is 3.66. The first-order chi connectivity index (χ1) is 11.7. The van der Waals surface area contributed by atoms with Crippen molar-refractivity contribution in [2.45, 2.75) is 38.1 Å². The second-order valence-electron chi connectivity index (χ2n) is 6.64. The molecule has 0 saturated heterocycles. The van der Waals surface area contributed by atoms with Crippen LogP contribution in [0, 0.1) is 12.8 Å². The fraction of sp³-hybridized carbons (Fsp3) is 0.381. The number of benzene rings is 2. The Morgan fingerprint density at radius 3 is 2.58 bits per heavy atom. The molecule has 1 fully saturated rings. The molecule has 2 aromatic rings. The van der Waals surface area contributed by atoms with Crippen LogP contribution in [0.3, 0.4) is 0 Å². The number of carbonyl (C=O) groups is 1. The number of rotatable bonds is 7. The fourth-order valence-electron chi connectivity index (χ4n) is 3.41. The second-order valence-corrected chi connectivity index (χ2v) is 6.64. The molecule has 0 aliphatic heterocycles. The molecule has 0 bridgehead atoms. The van der Waals surface area contributed by atoms with Crippen LogP contribution in [0.15, 0.2) is 54.6 Å². The fourth-order valence-corrected chi connectivity index (χ4v) is 3.41. The lowest BCUT2D eigenvalue weighted by atomic mass is 10.0. The largest absolute Gasteiger partial charge is 0.396 e. The molecule has 3 unspecified atom stereocenters. The van der Waals surface area contributed by atoms with Crippen LogP contribution in [0.2, 0.25) is 0 Å². The minimum atomic E-state index is -0.0241. The number of carbonyl (C=O) groups excluding carboxylic acids is 1. The Labute approximate surface area is 143 Å². The van der Waals surface area contributed by atoms with Crippen molar-refractivity contribution in [1.29, 1.82) is 0 Å². The molecule has 1 aliphatic rings. The Kier molecular flexibility index (Phi) is 5.31. The number of aliphatic hydroxyl groups excluding tert-OH is 1. The SMILES string of the molecule is Cc1ccccc1C1CC1C(=O)NC(CCCO)c1ccccc1. The van der Waals surface area contributed by atoms with Crippen molar-refractivity contribution in [2.24, 2.45) is 5.92 Å². The third-order valence-electron chi connectivity index (χ3n) is 4.88. The van der Waals surface area contributed by atoms with Crippen LogP contribution in [-0.2, 0) is 4.79 Å². The van der Waals surface area contributed by atoms with Crippen LogP contribution in [0.5, 0.6) is 0 Å². The molecule has 0 radical (unpaired) electrons. The van der Waals surface area contributed by atoms with Crippen LogP contribution < -0.4 is 5.32 Å². The average Bonchev–Trinajstić information content (AvgIpc) is 3.40. The van der Waals surface area contributed by atoms with Crippen molar-refractivity contribution < 1.29 is 9.90 Å². The third-order valence-corrected chi connectivity index (χ3v) is 4.88. The summed E-state index contributed by atoms with van der Waals surface area (Å²) in [6.07, 6.45) is 2.37. The molecule has 3 heteroatoms. The molecule has 3 atom stereocenters. The van der Waals surface area contributed by atoms with E-state index in [1.54, 1.807) is 0 Å². The van der Waals surface area contributed by atoms with Gasteiger partial charge in [0.25, 0.3) is 0 Å². The molecule has 0 spiro atoms. The van der Waals surface area contributed by atoms with Gasteiger partial charge in [0.1, 0.15) is 0 Å². The summed E-state index contributed by atoms with van der Waals surface area (Å²) in [5, 5.41) is 12.3. The average molecular weight is 323 g/mol. The standard InChI is InChI=1S/C21H25NO2/c1-15-8-5-6-11-17(15)18-14-19(18)21(24)22-20(12-7-13-23)16-9-3-2-4-10-16/h2-6,8-11,18-20,23H,7,12-14H2,1H3,(H,22,24). The third kappa shape index (κ3) is 3.85. The molecule has 0 aromatic heterocycles. The van der Waals surface area contributed by atoms with Crippen molar-refractivity contribution >= 4 is 5.91 Å². The van der Waals surface area contributed by atoms with E-state index < -0.39 is 0 Å². The van der Waals surface area contributed by atoms with Crippen LogP contribution in [0.4, 0.5) is 0 Å². The lowest BCUT2D eigenvalue weighted by Crippen LogP contribution is -2.30. The van der Waals surface area contributed by atoms with Gasteiger partial charge in [-0.1, -0.05) is 54.6 Å². The Balaban J connectivity index is 1.65. The van der Waals surface area contributed by atoms with Gasteiger partial charge in [-0.3, -0.25) is 4.79 Å². The van der Waals surface area contributed by atoms with Crippen molar-refractivity contribution in [2.75, 3.05) is 6.61 Å². The van der Waals surface area contributed by atoms with Crippen molar-refractivity contribution in [1.82, 2.24) is 5.32 Å². The number of aryl methyl sites for hydroxylation is 1. The van der Waals surface area contributed by atoms with E-state index in [4.69, 9.17) is 5.11 Å². The van der Waals surface area contributed by atoms with Crippen molar-refractivity contribution in [3.63, 3.8) is 0 Å². The van der Waals surface area contributed by atoms with Crippen LogP contribution in [-0.4, -0.2) is 17.6 Å². The highest BCUT2D eigenvalue weighted by atomic mass is 16.3. The van der Waals surface area contributed by atoms with E-state index in [-0.39, 0.29) is 24.5 Å². The Morgan fingerprint density at radius 1 is 1.17 bits per heavy atom. The van der Waals surface area contributed by atoms with Gasteiger partial charge in [-0.15, -0.1) is 0 Å². The maximum absolute atomic E-state index is 12.7. The minimum Gasteiger partial charge on any atom is -0.396 e. The molecule has 2 aromatic carbocycles. The second kappa shape index (κ2) is 7.63. The maximum Gasteiger partial charge on any atom is 0.224 e. The van der Waals surface area contributed by atoms with E-state index in [1.807, 2.05) is 42.5 Å². The highest BCUT2D eigenvalue weighted by Gasteiger charge is 2.44. The zero-order valence-corrected chi connectivity index (χ0v) is 14.1. The molecule has 24 heavy (non-hydrogen) atoms. The summed E-state index contributed by atoms with van der Waals surface area (Å²) in [5.74, 6) is 0.557. The van der Waals surface area contributed by atoms with Gasteiger partial charge in [-0.05, 0) is 48.8 Å². The van der Waals surface area contributed by atoms with Crippen molar-refractivity contribution in [3.8, 4) is 0 Å². The number of hydrogen-bond donors (Lipinski definition) is 2. The molecule has 2 N–H and O–H groups in total. The van der Waals surface area contributed by atoms with Gasteiger partial charge in [-0.2, -0.15) is 0 Å². The predicted molar refractivity (Wildman–Crippen MR) is 95.7 cm³/mol. The lowest BCUT2D eigenvalue weighted by molar-refractivity contribution is -0.123. The van der Waals surface area contributed by atoms with Crippen molar-refractivity contribution in [3.05, 3.63) is 71.3 Å². The van der Waals surface area contributed by atoms with E-state index in [0.717, 1.165) is 18.4 Å². The first-order valence-electron chi connectivity index (χ1n) is 8.72. The van der Waals surface area contributed by atoms with Crippen LogP contribution in [0.25, 0.3) is 0 Å². The molecular formula is C21H25NO2. The summed E-state index contributed by atoms with van der Waals surface area (Å²) >= 11 is 0. The first kappa shape index (κ1) is 16.7. The molecule has 1 aliphatic carbocycles. The zero-order chi connectivity index (χ0) is 16.9. The predicted octanol–water partition coefficient (Wildman–Crippen LogP) is 3.73. The van der Waals surface area contributed by atoms with E-state index in [2.05, 4.69) is 24.4 Å². The number of amides is 1. The molecule has 1 saturated carbocycles. The number of nitrogens with one attached hydrogen (secondary N) is 1. The lowest BCUT2D eigenvalue weighted by Gasteiger charge is -2.19. The van der Waals surface area contributed by atoms with E-state index >= 15 is 0 Å². The normalized spacial score (nSPS) is 20.4. The topological polar surface area (TPSA) is 49.3 Å². The van der Waals surface area contributed by atoms with Gasteiger partial charge in [-0.25, -0.2) is 0 Å². The quantitative estimate of drug-likeness (QED) is 0.816. The summed E-state index contributed by atoms with van der Waals surface area (Å²) < 4.78 is 0. The molecule has 3 nitrogen and oxygen atoms in total. The monoisotopic (exact) mass is 323 g/mol. The molecule has 0 heterocycles. The van der Waals surface area contributed by atoms with Gasteiger partial charge >= 0.3 is 0 Å². The molecule has 126 valence electrons. The van der Waals surface area contributed by atoms with Crippen LogP contribution in [0.1, 0.15) is 47.9 Å². The highest BCUT2D eigenvalue weighted by Crippen LogP contribution is 2.48. The zero-order valence-electron chi connectivity index (χ0n) is 14.1. The van der Waals surface area contributed by atoms with Gasteiger partial charge < -0.3 is 10.4 Å². The highest BCUT2D eigenvalue weighted by molar-refractivity contribution is 5.83. The Hall–Kier alpha value is -2.13. The van der Waals surface area contributed by atoms with Gasteiger partial charge in [0.2, 0.25) is 5.91 Å². The summed E-state index contributed by atoms with van der Waals surface area (Å²) in [6, 6.07) is 18.3. The summed E-state index contributed by atoms with van der Waals surface area (Å²) in [7, 11) is 0. The van der Waals surface area contributed by atoms with Gasteiger partial charge in [0, 0.05) is 12.5 Å². The van der Waals surface area contributed by atoms with E-state index in [1.165, 1.54) is 11.1 Å². The summed E-state index contributed by atoms with van der Waals surface area (Å²) in [6.45, 7) is 2.26. The number of hydrogen-bond acceptors (Lipinski definition) is 2. The minimum absolute atomic E-state index is 0.0241. The molecule has 1 amide bonds. The van der Waals surface area contributed by atoms with Gasteiger partial charge in [0.05, 0.1) is 6.04 Å². The summed E-state index contributed by atoms with van der Waals surface area (Å²) in [4.78, 5) is 12.7.